The third-order valence-electron chi connectivity index (χ3n) is 2.13. The second-order valence-corrected chi connectivity index (χ2v) is 3.16. The average molecular weight is 300 g/mol. The van der Waals surface area contributed by atoms with Gasteiger partial charge in [-0.2, -0.15) is 23.6 Å². The van der Waals surface area contributed by atoms with Crippen molar-refractivity contribution in [3.63, 3.8) is 0 Å². The maximum atomic E-state index is 3.06. The van der Waals surface area contributed by atoms with Gasteiger partial charge in [-0.05, 0) is 0 Å². The van der Waals surface area contributed by atoms with Gasteiger partial charge in [-0.3, -0.25) is 6.08 Å². The molecule has 0 bridgehead atoms. The van der Waals surface area contributed by atoms with Crippen LogP contribution in [0.3, 0.4) is 0 Å². The predicted octanol–water partition coefficient (Wildman–Crippen LogP) is 3.48. The molecule has 76 valence electrons. The average Bonchev–Trinajstić information content (AvgIpc) is 3.06. The van der Waals surface area contributed by atoms with Crippen molar-refractivity contribution in [2.45, 2.75) is 6.42 Å². The van der Waals surface area contributed by atoms with Crippen molar-refractivity contribution in [3.05, 3.63) is 66.8 Å². The molecule has 1 aliphatic rings. The molecule has 0 unspecified atom stereocenters. The number of rotatable bonds is 0. The maximum absolute atomic E-state index is 3.06. The topological polar surface area (TPSA) is 0 Å². The number of allylic oxidation sites excluding steroid dienone is 4. The molecule has 0 nitrogen and oxygen atoms in total. The zero-order valence-electron chi connectivity index (χ0n) is 8.98. The van der Waals surface area contributed by atoms with Crippen LogP contribution < -0.4 is 0 Å². The molecule has 0 fully saturated rings. The number of hydrogen-bond donors (Lipinski definition) is 0. The second kappa shape index (κ2) is 8.55. The minimum atomic E-state index is 1.01. The van der Waals surface area contributed by atoms with Gasteiger partial charge in [0.2, 0.25) is 0 Å². The summed E-state index contributed by atoms with van der Waals surface area (Å²) in [5.74, 6) is 0. The molecule has 0 spiro atoms. The Morgan fingerprint density at radius 3 is 2.56 bits per heavy atom. The van der Waals surface area contributed by atoms with Gasteiger partial charge in [0.25, 0.3) is 0 Å². The summed E-state index contributed by atoms with van der Waals surface area (Å²) < 4.78 is 0. The first-order chi connectivity index (χ1) is 7.97. The summed E-state index contributed by atoms with van der Waals surface area (Å²) in [4.78, 5) is 0. The van der Waals surface area contributed by atoms with Crippen LogP contribution in [0.2, 0.25) is 0 Å². The van der Waals surface area contributed by atoms with Crippen LogP contribution >= 0.6 is 0 Å². The summed E-state index contributed by atoms with van der Waals surface area (Å²) in [5, 5.41) is 2.66. The van der Waals surface area contributed by atoms with Gasteiger partial charge in [-0.1, -0.05) is 6.07 Å². The number of fused-ring (bicyclic) bond motifs is 1. The quantitative estimate of drug-likeness (QED) is 0.516. The second-order valence-electron chi connectivity index (χ2n) is 3.16. The molecule has 0 saturated heterocycles. The van der Waals surface area contributed by atoms with E-state index in [9.17, 15) is 0 Å². The summed E-state index contributed by atoms with van der Waals surface area (Å²) in [7, 11) is 0. The summed E-state index contributed by atoms with van der Waals surface area (Å²) in [6, 6.07) is 14.7. The Labute approximate surface area is 114 Å². The van der Waals surface area contributed by atoms with E-state index >= 15 is 0 Å². The van der Waals surface area contributed by atoms with E-state index in [1.165, 1.54) is 34.1 Å². The van der Waals surface area contributed by atoms with Crippen LogP contribution in [0.15, 0.2) is 60.7 Å². The smallest absolute Gasteiger partial charge is 0.0809 e. The fraction of sp³-hybridized carbons (Fsp3) is 0.0714. The minimum absolute atomic E-state index is 1.01. The summed E-state index contributed by atoms with van der Waals surface area (Å²) >= 11 is 1.36. The summed E-state index contributed by atoms with van der Waals surface area (Å²) in [6.07, 6.45) is 10.0. The van der Waals surface area contributed by atoms with Gasteiger partial charge in [-0.25, -0.2) is 12.2 Å². The fourth-order valence-corrected chi connectivity index (χ4v) is 1.41. The van der Waals surface area contributed by atoms with Gasteiger partial charge < -0.3 is 0 Å². The van der Waals surface area contributed by atoms with Gasteiger partial charge in [-0.15, -0.1) is 36.1 Å². The Kier molecular flexibility index (Phi) is 7.20. The first-order valence-corrected chi connectivity index (χ1v) is 9.23. The molecule has 0 N–H and O–H groups in total. The molecule has 0 saturated carbocycles. The number of benzene rings is 1. The normalized spacial score (nSPS) is 11.6. The van der Waals surface area contributed by atoms with E-state index in [1.54, 1.807) is 0 Å². The van der Waals surface area contributed by atoms with Crippen molar-refractivity contribution in [2.24, 2.45) is 0 Å². The zero-order valence-corrected chi connectivity index (χ0v) is 12.4. The van der Waals surface area contributed by atoms with E-state index in [0.717, 1.165) is 6.42 Å². The van der Waals surface area contributed by atoms with Crippen LogP contribution in [-0.4, -0.2) is 6.88 Å². The van der Waals surface area contributed by atoms with E-state index in [2.05, 4.69) is 61.5 Å². The van der Waals surface area contributed by atoms with Crippen molar-refractivity contribution < 1.29 is 23.3 Å². The Bertz CT molecular complexity index is 428. The van der Waals surface area contributed by atoms with Crippen molar-refractivity contribution >= 4 is 17.7 Å². The largest absolute Gasteiger partial charge is 0.168 e. The molecule has 0 atom stereocenters. The molecule has 0 amide bonds. The molecule has 0 heterocycles. The minimum Gasteiger partial charge on any atom is -0.168 e. The molecule has 2 aromatic rings. The van der Waals surface area contributed by atoms with E-state index in [-0.39, 0.29) is 0 Å². The standard InChI is InChI=1S/C9H7.C5H5.Si.Zr/c1-2-5-9-7-3-6-8(9)4-1;1-2-4-5-3-1;;/h1-7H;1-3H,4H2;;/q2*-1;;+2. The van der Waals surface area contributed by atoms with Crippen LogP contribution in [0.25, 0.3) is 10.8 Å². The monoisotopic (exact) mass is 298 g/mol. The third-order valence-corrected chi connectivity index (χ3v) is 2.13. The van der Waals surface area contributed by atoms with Crippen LogP contribution in [-0.2, 0) is 23.3 Å². The molecule has 2 heteroatoms. The van der Waals surface area contributed by atoms with Crippen molar-refractivity contribution in [1.29, 1.82) is 0 Å². The van der Waals surface area contributed by atoms with Crippen LogP contribution in [0.5, 0.6) is 0 Å². The molecular weight excluding hydrogens is 287 g/mol. The molecule has 16 heavy (non-hydrogen) atoms. The van der Waals surface area contributed by atoms with E-state index in [1.807, 2.05) is 12.2 Å². The maximum Gasteiger partial charge on any atom is -0.0809 e. The number of hydrogen-bond acceptors (Lipinski definition) is 0. The first kappa shape index (κ1) is 13.5. The molecule has 0 aliphatic heterocycles. The zero-order chi connectivity index (χ0) is 11.6. The van der Waals surface area contributed by atoms with E-state index in [0.29, 0.717) is 0 Å². The van der Waals surface area contributed by atoms with Gasteiger partial charge in [0.15, 0.2) is 0 Å². The van der Waals surface area contributed by atoms with Crippen LogP contribution in [0.4, 0.5) is 0 Å². The third kappa shape index (κ3) is 4.51. The SMILES string of the molecule is [C-]1=CC=CC1.[Si]=[Zr+2].c1ccc2[cH-]ccc2c1. The molecule has 0 aromatic heterocycles. The van der Waals surface area contributed by atoms with Crippen molar-refractivity contribution in [3.8, 4) is 0 Å². The van der Waals surface area contributed by atoms with Crippen LogP contribution in [0, 0.1) is 6.08 Å². The summed E-state index contributed by atoms with van der Waals surface area (Å²) in [6.45, 7) is 3.06. The Morgan fingerprint density at radius 1 is 1.19 bits per heavy atom. The van der Waals surface area contributed by atoms with Crippen LogP contribution in [0.1, 0.15) is 6.42 Å². The van der Waals surface area contributed by atoms with E-state index < -0.39 is 0 Å². The van der Waals surface area contributed by atoms with Gasteiger partial charge in [0.05, 0.1) is 0 Å². The Hall–Kier alpha value is -0.590. The summed E-state index contributed by atoms with van der Waals surface area (Å²) in [5.41, 5.74) is 0. The molecule has 2 radical (unpaired) electrons. The van der Waals surface area contributed by atoms with Gasteiger partial charge >= 0.3 is 30.2 Å². The first-order valence-electron chi connectivity index (χ1n) is 5.04. The van der Waals surface area contributed by atoms with Gasteiger partial charge in [0, 0.05) is 0 Å². The molecule has 1 aliphatic carbocycles. The van der Waals surface area contributed by atoms with Crippen molar-refractivity contribution in [1.82, 2.24) is 0 Å². The molecular formula is C14H12SiZr. The van der Waals surface area contributed by atoms with Gasteiger partial charge in [0.1, 0.15) is 0 Å². The van der Waals surface area contributed by atoms with Crippen molar-refractivity contribution in [2.75, 3.05) is 0 Å². The molecule has 2 aromatic carbocycles. The fourth-order valence-electron chi connectivity index (χ4n) is 1.41. The van der Waals surface area contributed by atoms with E-state index in [4.69, 9.17) is 0 Å². The Balaban J connectivity index is 0.000000156. The predicted molar refractivity (Wildman–Crippen MR) is 66.9 cm³/mol. The Morgan fingerprint density at radius 2 is 2.00 bits per heavy atom. The molecule has 3 rings (SSSR count).